The summed E-state index contributed by atoms with van der Waals surface area (Å²) in [4.78, 5) is 2.25. The zero-order valence-electron chi connectivity index (χ0n) is 12.5. The van der Waals surface area contributed by atoms with Crippen LogP contribution in [0, 0.1) is 17.3 Å². The molecule has 0 aliphatic rings. The van der Waals surface area contributed by atoms with E-state index in [1.54, 1.807) is 0 Å². The summed E-state index contributed by atoms with van der Waals surface area (Å²) in [5.74, 6) is 6.28. The Bertz CT molecular complexity index is 510. The van der Waals surface area contributed by atoms with Gasteiger partial charge in [0.15, 0.2) is 0 Å². The van der Waals surface area contributed by atoms with Gasteiger partial charge < -0.3 is 0 Å². The number of hydrogen-bond acceptors (Lipinski definition) is 1. The molecule has 1 rings (SSSR count). The van der Waals surface area contributed by atoms with Crippen LogP contribution in [-0.4, -0.2) is 18.5 Å². The summed E-state index contributed by atoms with van der Waals surface area (Å²) < 4.78 is 2.20. The lowest BCUT2D eigenvalue weighted by Crippen LogP contribution is -2.17. The number of halogens is 2. The molecule has 108 valence electrons. The van der Waals surface area contributed by atoms with Crippen molar-refractivity contribution in [3.05, 3.63) is 44.9 Å². The summed E-state index contributed by atoms with van der Waals surface area (Å²) >= 11 is 7.03. The minimum absolute atomic E-state index is 0.0683. The average Bonchev–Trinajstić information content (AvgIpc) is 2.25. The molecule has 0 aliphatic heterocycles. The van der Waals surface area contributed by atoms with Crippen molar-refractivity contribution in [2.75, 3.05) is 13.6 Å². The minimum Gasteiger partial charge on any atom is -0.298 e. The second-order valence-corrected chi connectivity index (χ2v) is 7.73. The number of hydrogen-bond donors (Lipinski definition) is 0. The predicted molar refractivity (Wildman–Crippen MR) is 94.5 cm³/mol. The van der Waals surface area contributed by atoms with Crippen molar-refractivity contribution in [2.24, 2.45) is 5.41 Å². The Kier molecular flexibility index (Phi) is 7.02. The smallest absolute Gasteiger partial charge is 0.0234 e. The molecule has 0 aromatic heterocycles. The molecule has 0 heterocycles. The van der Waals surface area contributed by atoms with Crippen molar-refractivity contribution in [1.29, 1.82) is 0 Å². The third kappa shape index (κ3) is 7.89. The van der Waals surface area contributed by atoms with E-state index >= 15 is 0 Å². The lowest BCUT2D eigenvalue weighted by Gasteiger charge is -2.14. The van der Waals surface area contributed by atoms with Crippen molar-refractivity contribution in [1.82, 2.24) is 4.90 Å². The first-order chi connectivity index (χ1) is 9.26. The van der Waals surface area contributed by atoms with Crippen molar-refractivity contribution >= 4 is 31.9 Å². The molecule has 0 radical (unpaired) electrons. The number of nitrogens with zero attached hydrogens (tertiary/aromatic N) is 1. The molecule has 0 bridgehead atoms. The summed E-state index contributed by atoms with van der Waals surface area (Å²) in [6.07, 6.45) is 4.05. The summed E-state index contributed by atoms with van der Waals surface area (Å²) in [5.41, 5.74) is 1.35. The summed E-state index contributed by atoms with van der Waals surface area (Å²) in [7, 11) is 2.11. The van der Waals surface area contributed by atoms with Gasteiger partial charge in [-0.05, 0) is 57.7 Å². The Labute approximate surface area is 139 Å². The standard InChI is InChI=1S/C17H21Br2N/c1-17(2,3)8-6-5-7-9-20(4)13-14-10-15(18)12-16(19)11-14/h5,7,10-12H,9,13H2,1-4H3. The molecule has 0 unspecified atom stereocenters. The van der Waals surface area contributed by atoms with Gasteiger partial charge >= 0.3 is 0 Å². The van der Waals surface area contributed by atoms with Crippen LogP contribution in [0.15, 0.2) is 39.3 Å². The molecule has 0 spiro atoms. The Hall–Kier alpha value is -0.560. The van der Waals surface area contributed by atoms with Crippen LogP contribution in [0.5, 0.6) is 0 Å². The van der Waals surface area contributed by atoms with Crippen molar-refractivity contribution in [3.8, 4) is 11.8 Å². The zero-order valence-corrected chi connectivity index (χ0v) is 15.7. The number of likely N-dealkylation sites (N-methyl/N-ethyl adjacent to an activating group) is 1. The maximum absolute atomic E-state index is 3.51. The molecule has 20 heavy (non-hydrogen) atoms. The van der Waals surface area contributed by atoms with Crippen molar-refractivity contribution in [2.45, 2.75) is 27.3 Å². The van der Waals surface area contributed by atoms with Crippen LogP contribution in [-0.2, 0) is 6.54 Å². The highest BCUT2D eigenvalue weighted by Crippen LogP contribution is 2.20. The fourth-order valence-electron chi connectivity index (χ4n) is 1.63. The zero-order chi connectivity index (χ0) is 15.2. The molecule has 1 aromatic carbocycles. The Balaban J connectivity index is 2.49. The van der Waals surface area contributed by atoms with Crippen LogP contribution in [0.25, 0.3) is 0 Å². The van der Waals surface area contributed by atoms with E-state index < -0.39 is 0 Å². The van der Waals surface area contributed by atoms with Crippen LogP contribution in [0.4, 0.5) is 0 Å². The molecule has 0 amide bonds. The molecule has 0 saturated heterocycles. The lowest BCUT2D eigenvalue weighted by molar-refractivity contribution is 0.363. The van der Waals surface area contributed by atoms with Crippen LogP contribution in [0.1, 0.15) is 26.3 Å². The predicted octanol–water partition coefficient (Wildman–Crippen LogP) is 5.25. The Morgan fingerprint density at radius 1 is 1.15 bits per heavy atom. The largest absolute Gasteiger partial charge is 0.298 e. The van der Waals surface area contributed by atoms with Gasteiger partial charge in [-0.1, -0.05) is 49.8 Å². The Morgan fingerprint density at radius 2 is 1.75 bits per heavy atom. The molecule has 0 saturated carbocycles. The third-order valence-electron chi connectivity index (χ3n) is 2.44. The van der Waals surface area contributed by atoms with Gasteiger partial charge in [-0.3, -0.25) is 4.90 Å². The fourth-order valence-corrected chi connectivity index (χ4v) is 3.02. The summed E-state index contributed by atoms with van der Waals surface area (Å²) in [6, 6.07) is 6.33. The second-order valence-electron chi connectivity index (χ2n) is 5.90. The normalized spacial score (nSPS) is 11.8. The van der Waals surface area contributed by atoms with E-state index in [2.05, 4.69) is 94.6 Å². The van der Waals surface area contributed by atoms with Gasteiger partial charge in [0.05, 0.1) is 0 Å². The monoisotopic (exact) mass is 397 g/mol. The molecule has 0 fully saturated rings. The quantitative estimate of drug-likeness (QED) is 0.626. The molecule has 3 heteroatoms. The highest BCUT2D eigenvalue weighted by Gasteiger charge is 2.03. The van der Waals surface area contributed by atoms with E-state index in [-0.39, 0.29) is 5.41 Å². The van der Waals surface area contributed by atoms with Gasteiger partial charge in [0.2, 0.25) is 0 Å². The van der Waals surface area contributed by atoms with Crippen LogP contribution in [0.2, 0.25) is 0 Å². The molecule has 0 N–H and O–H groups in total. The molecular weight excluding hydrogens is 378 g/mol. The highest BCUT2D eigenvalue weighted by molar-refractivity contribution is 9.11. The molecule has 1 nitrogen and oxygen atoms in total. The summed E-state index contributed by atoms with van der Waals surface area (Å²) in [6.45, 7) is 8.15. The third-order valence-corrected chi connectivity index (χ3v) is 3.36. The van der Waals surface area contributed by atoms with Gasteiger partial charge in [-0.15, -0.1) is 0 Å². The molecule has 0 atom stereocenters. The summed E-state index contributed by atoms with van der Waals surface area (Å²) in [5, 5.41) is 0. The lowest BCUT2D eigenvalue weighted by atomic mass is 9.98. The van der Waals surface area contributed by atoms with Crippen LogP contribution < -0.4 is 0 Å². The molecule has 1 aromatic rings. The number of benzene rings is 1. The first kappa shape index (κ1) is 17.5. The maximum Gasteiger partial charge on any atom is 0.0234 e. The van der Waals surface area contributed by atoms with Gasteiger partial charge in [-0.2, -0.15) is 0 Å². The van der Waals surface area contributed by atoms with E-state index in [0.29, 0.717) is 0 Å². The van der Waals surface area contributed by atoms with Gasteiger partial charge in [0, 0.05) is 27.4 Å². The van der Waals surface area contributed by atoms with Crippen molar-refractivity contribution in [3.63, 3.8) is 0 Å². The van der Waals surface area contributed by atoms with Gasteiger partial charge in [-0.25, -0.2) is 0 Å². The Morgan fingerprint density at radius 3 is 2.30 bits per heavy atom. The van der Waals surface area contributed by atoms with E-state index in [9.17, 15) is 0 Å². The number of allylic oxidation sites excluding steroid dienone is 1. The highest BCUT2D eigenvalue weighted by atomic mass is 79.9. The molecular formula is C17H21Br2N. The van der Waals surface area contributed by atoms with Crippen LogP contribution in [0.3, 0.4) is 0 Å². The SMILES string of the molecule is CN(CC=CC#CC(C)(C)C)Cc1cc(Br)cc(Br)c1. The topological polar surface area (TPSA) is 3.24 Å². The first-order valence-corrected chi connectivity index (χ1v) is 8.16. The van der Waals surface area contributed by atoms with E-state index in [4.69, 9.17) is 0 Å². The second kappa shape index (κ2) is 8.02. The fraction of sp³-hybridized carbons (Fsp3) is 0.412. The van der Waals surface area contributed by atoms with E-state index in [1.807, 2.05) is 12.1 Å². The molecule has 0 aliphatic carbocycles. The van der Waals surface area contributed by atoms with Gasteiger partial charge in [0.25, 0.3) is 0 Å². The minimum atomic E-state index is 0.0683. The first-order valence-electron chi connectivity index (χ1n) is 6.57. The van der Waals surface area contributed by atoms with Crippen molar-refractivity contribution < 1.29 is 0 Å². The maximum atomic E-state index is 3.51. The van der Waals surface area contributed by atoms with Gasteiger partial charge in [0.1, 0.15) is 0 Å². The van der Waals surface area contributed by atoms with Crippen LogP contribution >= 0.6 is 31.9 Å². The van der Waals surface area contributed by atoms with E-state index in [1.165, 1.54) is 5.56 Å². The van der Waals surface area contributed by atoms with E-state index in [0.717, 1.165) is 22.0 Å². The average molecular weight is 399 g/mol. The number of rotatable bonds is 4.